The molecule has 112 valence electrons. The predicted molar refractivity (Wildman–Crippen MR) is 84.5 cm³/mol. The highest BCUT2D eigenvalue weighted by atomic mass is 35.5. The summed E-state index contributed by atoms with van der Waals surface area (Å²) in [5.74, 6) is -0.422. The van der Waals surface area contributed by atoms with Gasteiger partial charge in [0.1, 0.15) is 6.54 Å². The largest absolute Gasteiger partial charge is 0.350 e. The van der Waals surface area contributed by atoms with Crippen molar-refractivity contribution in [1.29, 1.82) is 0 Å². The van der Waals surface area contributed by atoms with Crippen LogP contribution in [0, 0.1) is 0 Å². The molecule has 6 nitrogen and oxygen atoms in total. The molecule has 0 saturated carbocycles. The van der Waals surface area contributed by atoms with Gasteiger partial charge in [-0.3, -0.25) is 9.20 Å². The third kappa shape index (κ3) is 2.70. The highest BCUT2D eigenvalue weighted by Gasteiger charge is 2.12. The summed E-state index contributed by atoms with van der Waals surface area (Å²) in [6, 6.07) is 10.1. The topological polar surface area (TPSA) is 68.4 Å². The number of amides is 1. The monoisotopic (exact) mass is 336 g/mol. The van der Waals surface area contributed by atoms with Gasteiger partial charge in [0, 0.05) is 6.20 Å². The normalized spacial score (nSPS) is 10.8. The summed E-state index contributed by atoms with van der Waals surface area (Å²) >= 11 is 11.9. The lowest BCUT2D eigenvalue weighted by Gasteiger charge is -2.07. The Morgan fingerprint density at radius 3 is 2.77 bits per heavy atom. The minimum atomic E-state index is -0.422. The molecule has 8 heteroatoms. The van der Waals surface area contributed by atoms with Crippen molar-refractivity contribution in [2.75, 3.05) is 5.32 Å². The Bertz CT molecular complexity index is 917. The van der Waals surface area contributed by atoms with Gasteiger partial charge in [0.15, 0.2) is 5.65 Å². The van der Waals surface area contributed by atoms with E-state index in [0.29, 0.717) is 16.4 Å². The van der Waals surface area contributed by atoms with Crippen molar-refractivity contribution in [1.82, 2.24) is 14.2 Å². The molecule has 22 heavy (non-hydrogen) atoms. The number of anilines is 1. The van der Waals surface area contributed by atoms with Gasteiger partial charge in [-0.1, -0.05) is 35.3 Å². The SMILES string of the molecule is O=C(Cn1nc2ccccn2c1=O)Nc1cccc(Cl)c1Cl. The fourth-order valence-corrected chi connectivity index (χ4v) is 2.34. The molecule has 0 aliphatic carbocycles. The Hall–Kier alpha value is -2.31. The third-order valence-corrected chi connectivity index (χ3v) is 3.83. The number of hydrogen-bond acceptors (Lipinski definition) is 3. The molecule has 0 atom stereocenters. The zero-order valence-electron chi connectivity index (χ0n) is 11.2. The number of aromatic nitrogens is 3. The Labute approximate surface area is 134 Å². The quantitative estimate of drug-likeness (QED) is 0.798. The van der Waals surface area contributed by atoms with Crippen LogP contribution in [0.2, 0.25) is 10.0 Å². The Kier molecular flexibility index (Phi) is 3.87. The van der Waals surface area contributed by atoms with Crippen LogP contribution in [0.1, 0.15) is 0 Å². The summed E-state index contributed by atoms with van der Waals surface area (Å²) in [7, 11) is 0. The van der Waals surface area contributed by atoms with E-state index < -0.39 is 5.91 Å². The number of rotatable bonds is 3. The zero-order chi connectivity index (χ0) is 15.7. The van der Waals surface area contributed by atoms with Crippen molar-refractivity contribution in [3.05, 3.63) is 63.1 Å². The first-order valence-corrected chi connectivity index (χ1v) is 7.10. The van der Waals surface area contributed by atoms with Crippen molar-refractivity contribution in [2.24, 2.45) is 0 Å². The zero-order valence-corrected chi connectivity index (χ0v) is 12.7. The number of halogens is 2. The molecular formula is C14H10Cl2N4O2. The second-order valence-corrected chi connectivity index (χ2v) is 5.30. The van der Waals surface area contributed by atoms with Crippen LogP contribution in [0.15, 0.2) is 47.4 Å². The molecule has 0 fully saturated rings. The summed E-state index contributed by atoms with van der Waals surface area (Å²) in [6.45, 7) is -0.219. The highest BCUT2D eigenvalue weighted by molar-refractivity contribution is 6.43. The molecular weight excluding hydrogens is 327 g/mol. The van der Waals surface area contributed by atoms with Crippen LogP contribution < -0.4 is 11.0 Å². The first-order chi connectivity index (χ1) is 10.6. The van der Waals surface area contributed by atoms with E-state index in [1.165, 1.54) is 4.40 Å². The fourth-order valence-electron chi connectivity index (χ4n) is 2.00. The number of nitrogens with one attached hydrogen (secondary N) is 1. The molecule has 0 bridgehead atoms. The molecule has 3 aromatic rings. The molecule has 0 radical (unpaired) electrons. The van der Waals surface area contributed by atoms with Crippen LogP contribution in [-0.2, 0) is 11.3 Å². The lowest BCUT2D eigenvalue weighted by molar-refractivity contribution is -0.117. The third-order valence-electron chi connectivity index (χ3n) is 3.01. The van der Waals surface area contributed by atoms with Gasteiger partial charge in [0.25, 0.3) is 0 Å². The number of fused-ring (bicyclic) bond motifs is 1. The van der Waals surface area contributed by atoms with Crippen molar-refractivity contribution < 1.29 is 4.79 Å². The van der Waals surface area contributed by atoms with Crippen LogP contribution in [-0.4, -0.2) is 20.1 Å². The van der Waals surface area contributed by atoms with Crippen LogP contribution in [0.5, 0.6) is 0 Å². The number of pyridine rings is 1. The van der Waals surface area contributed by atoms with E-state index >= 15 is 0 Å². The minimum Gasteiger partial charge on any atom is -0.323 e. The molecule has 3 rings (SSSR count). The van der Waals surface area contributed by atoms with Gasteiger partial charge in [0.2, 0.25) is 5.91 Å². The first kappa shape index (κ1) is 14.6. The molecule has 0 aliphatic rings. The molecule has 0 saturated heterocycles. The van der Waals surface area contributed by atoms with Crippen molar-refractivity contribution >= 4 is 40.4 Å². The molecule has 1 aromatic carbocycles. The fraction of sp³-hybridized carbons (Fsp3) is 0.0714. The second-order valence-electron chi connectivity index (χ2n) is 4.52. The smallest absolute Gasteiger partial charge is 0.323 e. The van der Waals surface area contributed by atoms with Gasteiger partial charge in [0.05, 0.1) is 15.7 Å². The Morgan fingerprint density at radius 1 is 1.18 bits per heavy atom. The van der Waals surface area contributed by atoms with E-state index in [0.717, 1.165) is 4.68 Å². The van der Waals surface area contributed by atoms with Crippen LogP contribution in [0.25, 0.3) is 5.65 Å². The van der Waals surface area contributed by atoms with Crippen molar-refractivity contribution in [3.8, 4) is 0 Å². The van der Waals surface area contributed by atoms with Crippen LogP contribution >= 0.6 is 23.2 Å². The number of hydrogen-bond donors (Lipinski definition) is 1. The van der Waals surface area contributed by atoms with Gasteiger partial charge >= 0.3 is 5.69 Å². The summed E-state index contributed by atoms with van der Waals surface area (Å²) < 4.78 is 2.45. The lowest BCUT2D eigenvalue weighted by Crippen LogP contribution is -2.28. The van der Waals surface area contributed by atoms with E-state index in [-0.39, 0.29) is 17.3 Å². The average molecular weight is 337 g/mol. The number of carbonyl (C=O) groups excluding carboxylic acids is 1. The maximum atomic E-state index is 12.1. The van der Waals surface area contributed by atoms with Crippen LogP contribution in [0.3, 0.4) is 0 Å². The minimum absolute atomic E-state index is 0.219. The maximum absolute atomic E-state index is 12.1. The van der Waals surface area contributed by atoms with E-state index in [1.807, 2.05) is 0 Å². The molecule has 1 amide bonds. The van der Waals surface area contributed by atoms with Crippen molar-refractivity contribution in [2.45, 2.75) is 6.54 Å². The molecule has 2 heterocycles. The number of benzene rings is 1. The molecule has 0 aliphatic heterocycles. The maximum Gasteiger partial charge on any atom is 0.350 e. The van der Waals surface area contributed by atoms with Gasteiger partial charge in [-0.15, -0.1) is 5.10 Å². The summed E-state index contributed by atoms with van der Waals surface area (Å²) in [5.41, 5.74) is 0.472. The van der Waals surface area contributed by atoms with Gasteiger partial charge < -0.3 is 5.32 Å². The Morgan fingerprint density at radius 2 is 2.00 bits per heavy atom. The van der Waals surface area contributed by atoms with Gasteiger partial charge in [-0.2, -0.15) is 0 Å². The molecule has 0 unspecified atom stereocenters. The van der Waals surface area contributed by atoms with Gasteiger partial charge in [-0.05, 0) is 24.3 Å². The summed E-state index contributed by atoms with van der Waals surface area (Å²) in [5, 5.41) is 7.28. The summed E-state index contributed by atoms with van der Waals surface area (Å²) in [6.07, 6.45) is 1.59. The predicted octanol–water partition coefficient (Wildman–Crippen LogP) is 2.44. The van der Waals surface area contributed by atoms with E-state index in [2.05, 4.69) is 10.4 Å². The van der Waals surface area contributed by atoms with E-state index in [9.17, 15) is 9.59 Å². The first-order valence-electron chi connectivity index (χ1n) is 6.34. The van der Waals surface area contributed by atoms with Crippen LogP contribution in [0.4, 0.5) is 5.69 Å². The standard InChI is InChI=1S/C14H10Cl2N4O2/c15-9-4-3-5-10(13(9)16)17-12(21)8-20-14(22)19-7-2-1-6-11(19)18-20/h1-7H,8H2,(H,17,21). The lowest BCUT2D eigenvalue weighted by atomic mass is 10.3. The van der Waals surface area contributed by atoms with E-state index in [1.54, 1.807) is 42.6 Å². The van der Waals surface area contributed by atoms with Crippen molar-refractivity contribution in [3.63, 3.8) is 0 Å². The number of nitrogens with zero attached hydrogens (tertiary/aromatic N) is 3. The molecule has 1 N–H and O–H groups in total. The second kappa shape index (κ2) is 5.82. The number of carbonyl (C=O) groups is 1. The Balaban J connectivity index is 1.83. The molecule has 0 spiro atoms. The molecule has 2 aromatic heterocycles. The van der Waals surface area contributed by atoms with E-state index in [4.69, 9.17) is 23.2 Å². The average Bonchev–Trinajstić information content (AvgIpc) is 2.81. The highest BCUT2D eigenvalue weighted by Crippen LogP contribution is 2.29. The van der Waals surface area contributed by atoms with Gasteiger partial charge in [-0.25, -0.2) is 9.48 Å². The summed E-state index contributed by atoms with van der Waals surface area (Å²) in [4.78, 5) is 24.1.